The predicted octanol–water partition coefficient (Wildman–Crippen LogP) is 2.88. The maximum absolute atomic E-state index is 10.7. The molecule has 96 valence electrons. The Hall–Kier alpha value is -1.53. The molecule has 0 amide bonds. The monoisotopic (exact) mass is 265 g/mol. The van der Waals surface area contributed by atoms with Gasteiger partial charge in [-0.3, -0.25) is 10.1 Å². The van der Waals surface area contributed by atoms with Crippen molar-refractivity contribution in [1.29, 1.82) is 0 Å². The zero-order chi connectivity index (χ0) is 13.0. The molecule has 0 saturated carbocycles. The Morgan fingerprint density at radius 1 is 1.33 bits per heavy atom. The van der Waals surface area contributed by atoms with Crippen molar-refractivity contribution in [2.24, 2.45) is 5.73 Å². The van der Waals surface area contributed by atoms with Crippen LogP contribution < -0.4 is 5.73 Å². The van der Waals surface area contributed by atoms with Crippen LogP contribution in [0.25, 0.3) is 10.2 Å². The van der Waals surface area contributed by atoms with Gasteiger partial charge in [0.2, 0.25) is 0 Å². The van der Waals surface area contributed by atoms with Crippen molar-refractivity contribution < 1.29 is 4.92 Å². The molecule has 1 aromatic carbocycles. The van der Waals surface area contributed by atoms with Gasteiger partial charge in [0.05, 0.1) is 20.1 Å². The smallest absolute Gasteiger partial charge is 0.270 e. The fraction of sp³-hybridized carbons (Fsp3) is 0.417. The number of nitro benzene ring substituents is 1. The molecule has 0 radical (unpaired) electrons. The van der Waals surface area contributed by atoms with Crippen LogP contribution in [0.2, 0.25) is 0 Å². The van der Waals surface area contributed by atoms with Crippen molar-refractivity contribution in [1.82, 2.24) is 4.98 Å². The Kier molecular flexibility index (Phi) is 4.22. The van der Waals surface area contributed by atoms with Gasteiger partial charge < -0.3 is 5.73 Å². The summed E-state index contributed by atoms with van der Waals surface area (Å²) < 4.78 is 0.887. The largest absolute Gasteiger partial charge is 0.330 e. The van der Waals surface area contributed by atoms with Gasteiger partial charge in [0.1, 0.15) is 0 Å². The fourth-order valence-corrected chi connectivity index (χ4v) is 2.82. The van der Waals surface area contributed by atoms with Crippen LogP contribution in [-0.2, 0) is 6.42 Å². The molecule has 0 atom stereocenters. The lowest BCUT2D eigenvalue weighted by atomic mass is 10.2. The van der Waals surface area contributed by atoms with Crippen LogP contribution in [0.15, 0.2) is 18.2 Å². The van der Waals surface area contributed by atoms with Crippen LogP contribution in [0, 0.1) is 10.1 Å². The van der Waals surface area contributed by atoms with Crippen molar-refractivity contribution in [3.63, 3.8) is 0 Å². The molecule has 0 aliphatic rings. The summed E-state index contributed by atoms with van der Waals surface area (Å²) in [6.45, 7) is 0.728. The predicted molar refractivity (Wildman–Crippen MR) is 72.9 cm³/mol. The maximum atomic E-state index is 10.7. The maximum Gasteiger partial charge on any atom is 0.270 e. The number of unbranched alkanes of at least 4 members (excludes halogenated alkanes) is 2. The first-order chi connectivity index (χ1) is 8.70. The summed E-state index contributed by atoms with van der Waals surface area (Å²) in [4.78, 5) is 14.8. The van der Waals surface area contributed by atoms with E-state index in [1.165, 1.54) is 6.07 Å². The highest BCUT2D eigenvalue weighted by atomic mass is 32.1. The van der Waals surface area contributed by atoms with Gasteiger partial charge in [-0.1, -0.05) is 6.42 Å². The molecule has 0 bridgehead atoms. The summed E-state index contributed by atoms with van der Waals surface area (Å²) in [5.74, 6) is 0. The van der Waals surface area contributed by atoms with E-state index in [0.717, 1.165) is 47.5 Å². The molecule has 2 rings (SSSR count). The van der Waals surface area contributed by atoms with Crippen LogP contribution in [0.4, 0.5) is 5.69 Å². The number of aromatic nitrogens is 1. The van der Waals surface area contributed by atoms with E-state index in [1.54, 1.807) is 23.5 Å². The van der Waals surface area contributed by atoms with Gasteiger partial charge >= 0.3 is 0 Å². The number of thiazole rings is 1. The molecule has 2 aromatic rings. The standard InChI is InChI=1S/C12H15N3O2S/c13-7-3-1-2-4-12-14-10-6-5-9(15(16)17)8-11(10)18-12/h5-6,8H,1-4,7,13H2. The van der Waals surface area contributed by atoms with Gasteiger partial charge in [0.25, 0.3) is 5.69 Å². The first-order valence-electron chi connectivity index (χ1n) is 5.94. The average Bonchev–Trinajstić information content (AvgIpc) is 2.76. The lowest BCUT2D eigenvalue weighted by Crippen LogP contribution is -1.98. The molecule has 0 unspecified atom stereocenters. The molecule has 6 heteroatoms. The quantitative estimate of drug-likeness (QED) is 0.494. The molecule has 0 fully saturated rings. The number of hydrogen-bond acceptors (Lipinski definition) is 5. The van der Waals surface area contributed by atoms with E-state index in [1.807, 2.05) is 0 Å². The minimum atomic E-state index is -0.375. The van der Waals surface area contributed by atoms with E-state index in [9.17, 15) is 10.1 Å². The van der Waals surface area contributed by atoms with Gasteiger partial charge in [0.15, 0.2) is 0 Å². The molecular formula is C12H15N3O2S. The Morgan fingerprint density at radius 2 is 2.17 bits per heavy atom. The number of non-ortho nitro benzene ring substituents is 1. The van der Waals surface area contributed by atoms with Gasteiger partial charge in [-0.15, -0.1) is 11.3 Å². The van der Waals surface area contributed by atoms with Gasteiger partial charge in [-0.2, -0.15) is 0 Å². The number of nitrogens with two attached hydrogens (primary N) is 1. The number of nitrogens with zero attached hydrogens (tertiary/aromatic N) is 2. The Balaban J connectivity index is 2.09. The number of hydrogen-bond donors (Lipinski definition) is 1. The third-order valence-electron chi connectivity index (χ3n) is 2.72. The lowest BCUT2D eigenvalue weighted by molar-refractivity contribution is -0.384. The van der Waals surface area contributed by atoms with E-state index in [-0.39, 0.29) is 10.6 Å². The molecule has 0 aliphatic carbocycles. The third kappa shape index (κ3) is 3.02. The van der Waals surface area contributed by atoms with Gasteiger partial charge in [-0.25, -0.2) is 4.98 Å². The van der Waals surface area contributed by atoms with E-state index < -0.39 is 0 Å². The minimum absolute atomic E-state index is 0.126. The van der Waals surface area contributed by atoms with Gasteiger partial charge in [0, 0.05) is 12.1 Å². The zero-order valence-electron chi connectivity index (χ0n) is 9.96. The second kappa shape index (κ2) is 5.88. The normalized spacial score (nSPS) is 10.9. The number of rotatable bonds is 6. The molecular weight excluding hydrogens is 250 g/mol. The first-order valence-corrected chi connectivity index (χ1v) is 6.76. The average molecular weight is 265 g/mol. The van der Waals surface area contributed by atoms with E-state index in [2.05, 4.69) is 4.98 Å². The number of benzene rings is 1. The highest BCUT2D eigenvalue weighted by Gasteiger charge is 2.09. The first kappa shape index (κ1) is 12.9. The summed E-state index contributed by atoms with van der Waals surface area (Å²) in [6, 6.07) is 4.81. The second-order valence-electron chi connectivity index (χ2n) is 4.12. The number of aryl methyl sites for hydroxylation is 1. The lowest BCUT2D eigenvalue weighted by Gasteiger charge is -1.95. The molecule has 0 saturated heterocycles. The fourth-order valence-electron chi connectivity index (χ4n) is 1.78. The van der Waals surface area contributed by atoms with E-state index >= 15 is 0 Å². The van der Waals surface area contributed by atoms with Crippen LogP contribution in [0.1, 0.15) is 24.3 Å². The topological polar surface area (TPSA) is 82.0 Å². The van der Waals surface area contributed by atoms with Crippen LogP contribution in [-0.4, -0.2) is 16.5 Å². The second-order valence-corrected chi connectivity index (χ2v) is 5.23. The van der Waals surface area contributed by atoms with Crippen molar-refractivity contribution in [3.05, 3.63) is 33.3 Å². The Bertz CT molecular complexity index is 553. The molecule has 1 aromatic heterocycles. The van der Waals surface area contributed by atoms with Crippen molar-refractivity contribution >= 4 is 27.2 Å². The molecule has 0 spiro atoms. The van der Waals surface area contributed by atoms with Crippen molar-refractivity contribution in [2.45, 2.75) is 25.7 Å². The number of nitro groups is 1. The van der Waals surface area contributed by atoms with E-state index in [0.29, 0.717) is 0 Å². The SMILES string of the molecule is NCCCCCc1nc2ccc([N+](=O)[O-])cc2s1. The summed E-state index contributed by atoms with van der Waals surface area (Å²) in [5, 5.41) is 11.7. The molecule has 0 aliphatic heterocycles. The molecule has 1 heterocycles. The zero-order valence-corrected chi connectivity index (χ0v) is 10.8. The van der Waals surface area contributed by atoms with Crippen LogP contribution in [0.3, 0.4) is 0 Å². The minimum Gasteiger partial charge on any atom is -0.330 e. The summed E-state index contributed by atoms with van der Waals surface area (Å²) in [7, 11) is 0. The highest BCUT2D eigenvalue weighted by molar-refractivity contribution is 7.18. The van der Waals surface area contributed by atoms with Crippen LogP contribution >= 0.6 is 11.3 Å². The molecule has 18 heavy (non-hydrogen) atoms. The van der Waals surface area contributed by atoms with Gasteiger partial charge in [-0.05, 0) is 31.9 Å². The number of fused-ring (bicyclic) bond motifs is 1. The third-order valence-corrected chi connectivity index (χ3v) is 3.80. The van der Waals surface area contributed by atoms with Crippen molar-refractivity contribution in [2.75, 3.05) is 6.54 Å². The summed E-state index contributed by atoms with van der Waals surface area (Å²) in [6.07, 6.45) is 4.13. The molecule has 5 nitrogen and oxygen atoms in total. The Morgan fingerprint density at radius 3 is 2.89 bits per heavy atom. The Labute approximate surface area is 109 Å². The highest BCUT2D eigenvalue weighted by Crippen LogP contribution is 2.27. The van der Waals surface area contributed by atoms with Crippen molar-refractivity contribution in [3.8, 4) is 0 Å². The summed E-state index contributed by atoms with van der Waals surface area (Å²) in [5.41, 5.74) is 6.41. The summed E-state index contributed by atoms with van der Waals surface area (Å²) >= 11 is 1.54. The van der Waals surface area contributed by atoms with Crippen LogP contribution in [0.5, 0.6) is 0 Å². The van der Waals surface area contributed by atoms with E-state index in [4.69, 9.17) is 5.73 Å². The molecule has 2 N–H and O–H groups in total.